The molecule has 0 bridgehead atoms. The van der Waals surface area contributed by atoms with Gasteiger partial charge in [-0.1, -0.05) is 19.3 Å². The molecule has 2 N–H and O–H groups in total. The number of imidazole rings is 1. The number of hydrogen-bond donors (Lipinski definition) is 1. The summed E-state index contributed by atoms with van der Waals surface area (Å²) in [6.07, 6.45) is 10.0. The number of nitrogen functional groups attached to an aromatic ring is 1. The lowest BCUT2D eigenvalue weighted by Crippen LogP contribution is -2.12. The molecular weight excluding hydrogens is 328 g/mol. The molecule has 1 fully saturated rings. The van der Waals surface area contributed by atoms with Gasteiger partial charge in [-0.2, -0.15) is 0 Å². The minimum atomic E-state index is 0.551. The maximum Gasteiger partial charge on any atom is 0.131 e. The highest BCUT2D eigenvalue weighted by molar-refractivity contribution is 9.10. The summed E-state index contributed by atoms with van der Waals surface area (Å²) in [5.74, 6) is 2.47. The standard InChI is InChI=1S/C16H21BrN4/c1-2-21-15(18)14(12-8-13(17)10-19-9-12)20-16(21)11-6-4-3-5-7-11/h8-11H,2-7,18H2,1H3. The van der Waals surface area contributed by atoms with Crippen LogP contribution in [0.25, 0.3) is 11.3 Å². The third-order valence-electron chi connectivity index (χ3n) is 4.30. The van der Waals surface area contributed by atoms with Crippen molar-refractivity contribution in [3.05, 3.63) is 28.8 Å². The smallest absolute Gasteiger partial charge is 0.131 e. The lowest BCUT2D eigenvalue weighted by atomic mass is 9.88. The maximum absolute atomic E-state index is 6.36. The van der Waals surface area contributed by atoms with Crippen molar-refractivity contribution in [2.75, 3.05) is 5.73 Å². The van der Waals surface area contributed by atoms with Crippen LogP contribution in [0.5, 0.6) is 0 Å². The second-order valence-corrected chi connectivity index (χ2v) is 6.59. The van der Waals surface area contributed by atoms with Crippen molar-refractivity contribution in [1.82, 2.24) is 14.5 Å². The number of nitrogens with zero attached hydrogens (tertiary/aromatic N) is 3. The van der Waals surface area contributed by atoms with Crippen LogP contribution < -0.4 is 5.73 Å². The summed E-state index contributed by atoms with van der Waals surface area (Å²) in [6, 6.07) is 2.02. The molecule has 2 aromatic rings. The van der Waals surface area contributed by atoms with E-state index in [1.165, 1.54) is 32.1 Å². The van der Waals surface area contributed by atoms with Crippen LogP contribution in [-0.4, -0.2) is 14.5 Å². The second-order valence-electron chi connectivity index (χ2n) is 5.67. The predicted molar refractivity (Wildman–Crippen MR) is 89.1 cm³/mol. The molecule has 0 saturated heterocycles. The monoisotopic (exact) mass is 348 g/mol. The van der Waals surface area contributed by atoms with E-state index in [2.05, 4.69) is 32.4 Å². The molecule has 0 aliphatic heterocycles. The third kappa shape index (κ3) is 2.84. The summed E-state index contributed by atoms with van der Waals surface area (Å²) in [4.78, 5) is 9.12. The Hall–Kier alpha value is -1.36. The van der Waals surface area contributed by atoms with Gasteiger partial charge >= 0.3 is 0 Å². The van der Waals surface area contributed by atoms with Crippen molar-refractivity contribution in [3.8, 4) is 11.3 Å². The average molecular weight is 349 g/mol. The van der Waals surface area contributed by atoms with E-state index < -0.39 is 0 Å². The topological polar surface area (TPSA) is 56.7 Å². The summed E-state index contributed by atoms with van der Waals surface area (Å²) in [6.45, 7) is 3.00. The van der Waals surface area contributed by atoms with E-state index in [0.29, 0.717) is 5.92 Å². The van der Waals surface area contributed by atoms with Gasteiger partial charge in [0.2, 0.25) is 0 Å². The van der Waals surface area contributed by atoms with Gasteiger partial charge in [-0.15, -0.1) is 0 Å². The summed E-state index contributed by atoms with van der Waals surface area (Å²) >= 11 is 3.47. The minimum Gasteiger partial charge on any atom is -0.383 e. The molecule has 4 nitrogen and oxygen atoms in total. The van der Waals surface area contributed by atoms with Crippen molar-refractivity contribution in [2.45, 2.75) is 51.5 Å². The van der Waals surface area contributed by atoms with Crippen LogP contribution in [0.2, 0.25) is 0 Å². The van der Waals surface area contributed by atoms with Gasteiger partial charge in [-0.05, 0) is 41.8 Å². The van der Waals surface area contributed by atoms with Gasteiger partial charge in [0.1, 0.15) is 17.3 Å². The van der Waals surface area contributed by atoms with Crippen molar-refractivity contribution >= 4 is 21.7 Å². The Morgan fingerprint density at radius 2 is 2.05 bits per heavy atom. The zero-order chi connectivity index (χ0) is 14.8. The van der Waals surface area contributed by atoms with Crippen LogP contribution >= 0.6 is 15.9 Å². The van der Waals surface area contributed by atoms with E-state index in [0.717, 1.165) is 33.9 Å². The van der Waals surface area contributed by atoms with Crippen LogP contribution in [0, 0.1) is 0 Å². The zero-order valence-electron chi connectivity index (χ0n) is 12.3. The van der Waals surface area contributed by atoms with Crippen LogP contribution in [0.1, 0.15) is 50.8 Å². The van der Waals surface area contributed by atoms with Crippen LogP contribution in [-0.2, 0) is 6.54 Å². The van der Waals surface area contributed by atoms with Gasteiger partial charge < -0.3 is 10.3 Å². The zero-order valence-corrected chi connectivity index (χ0v) is 13.9. The molecule has 0 atom stereocenters. The molecular formula is C16H21BrN4. The molecule has 0 unspecified atom stereocenters. The van der Waals surface area contributed by atoms with Gasteiger partial charge in [0.15, 0.2) is 0 Å². The first-order chi connectivity index (χ1) is 10.2. The molecule has 2 heterocycles. The van der Waals surface area contributed by atoms with Crippen molar-refractivity contribution in [2.24, 2.45) is 0 Å². The number of pyridine rings is 1. The number of anilines is 1. The van der Waals surface area contributed by atoms with Gasteiger partial charge in [-0.25, -0.2) is 4.98 Å². The Morgan fingerprint density at radius 1 is 1.29 bits per heavy atom. The first-order valence-electron chi connectivity index (χ1n) is 7.67. The Labute approximate surface area is 133 Å². The Bertz CT molecular complexity index is 629. The molecule has 5 heteroatoms. The lowest BCUT2D eigenvalue weighted by molar-refractivity contribution is 0.418. The van der Waals surface area contributed by atoms with Gasteiger partial charge in [0.05, 0.1) is 0 Å². The molecule has 1 saturated carbocycles. The highest BCUT2D eigenvalue weighted by atomic mass is 79.9. The Morgan fingerprint density at radius 3 is 2.71 bits per heavy atom. The normalized spacial score (nSPS) is 16.3. The molecule has 0 amide bonds. The Balaban J connectivity index is 2.04. The molecule has 1 aliphatic carbocycles. The maximum atomic E-state index is 6.36. The lowest BCUT2D eigenvalue weighted by Gasteiger charge is -2.21. The van der Waals surface area contributed by atoms with E-state index in [9.17, 15) is 0 Å². The number of halogens is 1. The fourth-order valence-electron chi connectivity index (χ4n) is 3.24. The number of rotatable bonds is 3. The SMILES string of the molecule is CCn1c(C2CCCCC2)nc(-c2cncc(Br)c2)c1N. The summed E-state index contributed by atoms with van der Waals surface area (Å²) in [5, 5.41) is 0. The van der Waals surface area contributed by atoms with Crippen LogP contribution in [0.15, 0.2) is 22.9 Å². The van der Waals surface area contributed by atoms with Gasteiger partial charge in [-0.3, -0.25) is 4.98 Å². The van der Waals surface area contributed by atoms with Crippen LogP contribution in [0.4, 0.5) is 5.82 Å². The molecule has 0 spiro atoms. The summed E-state index contributed by atoms with van der Waals surface area (Å²) in [7, 11) is 0. The van der Waals surface area contributed by atoms with E-state index in [1.54, 1.807) is 6.20 Å². The van der Waals surface area contributed by atoms with Gasteiger partial charge in [0, 0.05) is 34.9 Å². The van der Waals surface area contributed by atoms with E-state index in [1.807, 2.05) is 12.3 Å². The molecule has 1 aliphatic rings. The van der Waals surface area contributed by atoms with E-state index >= 15 is 0 Å². The minimum absolute atomic E-state index is 0.551. The quantitative estimate of drug-likeness (QED) is 0.896. The number of aromatic nitrogens is 3. The number of hydrogen-bond acceptors (Lipinski definition) is 3. The highest BCUT2D eigenvalue weighted by Crippen LogP contribution is 2.36. The fraction of sp³-hybridized carbons (Fsp3) is 0.500. The van der Waals surface area contributed by atoms with Gasteiger partial charge in [0.25, 0.3) is 0 Å². The number of nitrogens with two attached hydrogens (primary N) is 1. The van der Waals surface area contributed by atoms with Crippen molar-refractivity contribution in [1.29, 1.82) is 0 Å². The highest BCUT2D eigenvalue weighted by Gasteiger charge is 2.24. The summed E-state index contributed by atoms with van der Waals surface area (Å²) in [5.41, 5.74) is 8.21. The molecule has 0 aromatic carbocycles. The second kappa shape index (κ2) is 6.18. The molecule has 3 rings (SSSR count). The molecule has 0 radical (unpaired) electrons. The predicted octanol–water partition coefficient (Wildman–Crippen LogP) is 4.36. The first-order valence-corrected chi connectivity index (χ1v) is 8.46. The largest absolute Gasteiger partial charge is 0.383 e. The van der Waals surface area contributed by atoms with E-state index in [-0.39, 0.29) is 0 Å². The molecule has 21 heavy (non-hydrogen) atoms. The first kappa shape index (κ1) is 14.6. The molecule has 2 aromatic heterocycles. The Kier molecular flexibility index (Phi) is 4.29. The van der Waals surface area contributed by atoms with Crippen molar-refractivity contribution in [3.63, 3.8) is 0 Å². The fourth-order valence-corrected chi connectivity index (χ4v) is 3.61. The summed E-state index contributed by atoms with van der Waals surface area (Å²) < 4.78 is 3.12. The molecule has 112 valence electrons. The van der Waals surface area contributed by atoms with Crippen molar-refractivity contribution < 1.29 is 0 Å². The van der Waals surface area contributed by atoms with Crippen LogP contribution in [0.3, 0.4) is 0 Å². The average Bonchev–Trinajstić information content (AvgIpc) is 2.85. The third-order valence-corrected chi connectivity index (χ3v) is 4.73. The van der Waals surface area contributed by atoms with E-state index in [4.69, 9.17) is 10.7 Å².